The molecular formula is C12H17N3OS. The zero-order chi connectivity index (χ0) is 12.4. The van der Waals surface area contributed by atoms with Gasteiger partial charge in [-0.25, -0.2) is 4.98 Å². The van der Waals surface area contributed by atoms with Gasteiger partial charge in [-0.1, -0.05) is 0 Å². The van der Waals surface area contributed by atoms with E-state index in [2.05, 4.69) is 22.7 Å². The van der Waals surface area contributed by atoms with E-state index in [9.17, 15) is 5.11 Å². The first-order chi connectivity index (χ1) is 8.17. The van der Waals surface area contributed by atoms with Crippen LogP contribution >= 0.6 is 11.8 Å². The zero-order valence-corrected chi connectivity index (χ0v) is 10.9. The maximum Gasteiger partial charge on any atom is 0.135 e. The van der Waals surface area contributed by atoms with E-state index in [0.29, 0.717) is 17.6 Å². The van der Waals surface area contributed by atoms with Gasteiger partial charge in [-0.05, 0) is 31.4 Å². The number of nitrogens with zero attached hydrogens (tertiary/aromatic N) is 2. The molecule has 17 heavy (non-hydrogen) atoms. The normalized spacial score (nSPS) is 13.1. The highest BCUT2D eigenvalue weighted by Gasteiger charge is 2.14. The summed E-state index contributed by atoms with van der Waals surface area (Å²) < 4.78 is 2.09. The summed E-state index contributed by atoms with van der Waals surface area (Å²) in [5.74, 6) is 1.69. The van der Waals surface area contributed by atoms with Gasteiger partial charge in [-0.2, -0.15) is 11.8 Å². The molecule has 92 valence electrons. The average molecular weight is 251 g/mol. The number of aliphatic hydroxyl groups excluding tert-OH is 1. The lowest BCUT2D eigenvalue weighted by Gasteiger charge is -2.15. The molecule has 1 heterocycles. The lowest BCUT2D eigenvalue weighted by molar-refractivity contribution is 0.263. The molecule has 0 radical (unpaired) electrons. The lowest BCUT2D eigenvalue weighted by Crippen LogP contribution is -2.11. The third-order valence-electron chi connectivity index (χ3n) is 2.78. The van der Waals surface area contributed by atoms with Crippen LogP contribution in [-0.4, -0.2) is 26.7 Å². The monoisotopic (exact) mass is 251 g/mol. The van der Waals surface area contributed by atoms with Gasteiger partial charge in [0.05, 0.1) is 11.0 Å². The molecule has 0 fully saturated rings. The van der Waals surface area contributed by atoms with Crippen LogP contribution in [0.5, 0.6) is 0 Å². The van der Waals surface area contributed by atoms with Crippen molar-refractivity contribution in [2.75, 3.05) is 17.7 Å². The van der Waals surface area contributed by atoms with Gasteiger partial charge in [0.2, 0.25) is 0 Å². The highest BCUT2D eigenvalue weighted by molar-refractivity contribution is 7.98. The van der Waals surface area contributed by atoms with Gasteiger partial charge in [0.25, 0.3) is 0 Å². The number of nitrogen functional groups attached to an aromatic ring is 1. The molecule has 1 atom stereocenters. The lowest BCUT2D eigenvalue weighted by atomic mass is 10.2. The number of thioether (sulfide) groups is 1. The van der Waals surface area contributed by atoms with Gasteiger partial charge < -0.3 is 15.4 Å². The Bertz CT molecular complexity index is 524. The predicted octanol–water partition coefficient (Wildman–Crippen LogP) is 2.03. The van der Waals surface area contributed by atoms with Crippen molar-refractivity contribution in [2.24, 2.45) is 0 Å². The Kier molecular flexibility index (Phi) is 3.59. The molecule has 0 amide bonds. The smallest absolute Gasteiger partial charge is 0.135 e. The van der Waals surface area contributed by atoms with Crippen molar-refractivity contribution in [3.05, 3.63) is 24.0 Å². The van der Waals surface area contributed by atoms with Crippen LogP contribution in [0.3, 0.4) is 0 Å². The third kappa shape index (κ3) is 2.25. The Labute approximate surface area is 105 Å². The highest BCUT2D eigenvalue weighted by atomic mass is 32.2. The molecule has 1 aromatic carbocycles. The standard InChI is InChI=1S/C12H17N3OS/c1-8(7-17-2)15-11-4-3-9(13)5-10(11)14-12(15)6-16/h3-5,8,16H,6-7,13H2,1-2H3. The van der Waals surface area contributed by atoms with Crippen LogP contribution in [-0.2, 0) is 6.61 Å². The number of benzene rings is 1. The largest absolute Gasteiger partial charge is 0.399 e. The van der Waals surface area contributed by atoms with E-state index in [1.807, 2.05) is 18.2 Å². The fourth-order valence-electron chi connectivity index (χ4n) is 2.08. The van der Waals surface area contributed by atoms with Crippen molar-refractivity contribution in [1.82, 2.24) is 9.55 Å². The third-order valence-corrected chi connectivity index (χ3v) is 3.59. The van der Waals surface area contributed by atoms with Crippen molar-refractivity contribution in [3.63, 3.8) is 0 Å². The quantitative estimate of drug-likeness (QED) is 0.816. The molecule has 0 aliphatic rings. The maximum atomic E-state index is 9.38. The molecule has 0 saturated heterocycles. The Morgan fingerprint density at radius 3 is 2.94 bits per heavy atom. The molecule has 0 aliphatic heterocycles. The fourth-order valence-corrected chi connectivity index (χ4v) is 2.72. The van der Waals surface area contributed by atoms with Crippen LogP contribution in [0.4, 0.5) is 5.69 Å². The summed E-state index contributed by atoms with van der Waals surface area (Å²) >= 11 is 1.78. The number of hydrogen-bond acceptors (Lipinski definition) is 4. The van der Waals surface area contributed by atoms with Gasteiger partial charge in [-0.3, -0.25) is 0 Å². The van der Waals surface area contributed by atoms with Gasteiger partial charge in [0.1, 0.15) is 12.4 Å². The summed E-state index contributed by atoms with van der Waals surface area (Å²) in [7, 11) is 0. The number of anilines is 1. The number of nitrogens with two attached hydrogens (primary N) is 1. The summed E-state index contributed by atoms with van der Waals surface area (Å²) in [6, 6.07) is 5.98. The van der Waals surface area contributed by atoms with E-state index < -0.39 is 0 Å². The van der Waals surface area contributed by atoms with Crippen LogP contribution in [0.25, 0.3) is 11.0 Å². The van der Waals surface area contributed by atoms with Crippen molar-refractivity contribution in [1.29, 1.82) is 0 Å². The Hall–Kier alpha value is -1.20. The number of imidazole rings is 1. The number of hydrogen-bond donors (Lipinski definition) is 2. The minimum absolute atomic E-state index is 0.0483. The molecule has 0 aliphatic carbocycles. The Morgan fingerprint density at radius 2 is 2.29 bits per heavy atom. The Balaban J connectivity index is 2.58. The van der Waals surface area contributed by atoms with E-state index in [0.717, 1.165) is 16.8 Å². The predicted molar refractivity (Wildman–Crippen MR) is 73.2 cm³/mol. The molecule has 0 spiro atoms. The topological polar surface area (TPSA) is 64.1 Å². The molecule has 0 saturated carbocycles. The fraction of sp³-hybridized carbons (Fsp3) is 0.417. The number of aliphatic hydroxyl groups is 1. The molecule has 3 N–H and O–H groups in total. The Morgan fingerprint density at radius 1 is 1.53 bits per heavy atom. The molecule has 2 rings (SSSR count). The van der Waals surface area contributed by atoms with E-state index in [-0.39, 0.29) is 6.61 Å². The first-order valence-electron chi connectivity index (χ1n) is 5.53. The van der Waals surface area contributed by atoms with E-state index >= 15 is 0 Å². The van der Waals surface area contributed by atoms with Gasteiger partial charge >= 0.3 is 0 Å². The molecule has 4 nitrogen and oxygen atoms in total. The van der Waals surface area contributed by atoms with Crippen molar-refractivity contribution in [3.8, 4) is 0 Å². The van der Waals surface area contributed by atoms with Crippen LogP contribution in [0, 0.1) is 0 Å². The van der Waals surface area contributed by atoms with Crippen molar-refractivity contribution < 1.29 is 5.11 Å². The summed E-state index contributed by atoms with van der Waals surface area (Å²) in [5, 5.41) is 9.38. The first kappa shape index (κ1) is 12.3. The molecular weight excluding hydrogens is 234 g/mol. The molecule has 0 bridgehead atoms. The second kappa shape index (κ2) is 4.98. The number of aromatic nitrogens is 2. The summed E-state index contributed by atoms with van der Waals surface area (Å²) in [6.45, 7) is 2.08. The van der Waals surface area contributed by atoms with Crippen molar-refractivity contribution >= 4 is 28.5 Å². The van der Waals surface area contributed by atoms with Gasteiger partial charge in [0, 0.05) is 17.5 Å². The zero-order valence-electron chi connectivity index (χ0n) is 10.1. The molecule has 1 aromatic heterocycles. The van der Waals surface area contributed by atoms with E-state index in [1.165, 1.54) is 0 Å². The minimum atomic E-state index is -0.0483. The summed E-state index contributed by atoms with van der Waals surface area (Å²) in [5.41, 5.74) is 8.32. The van der Waals surface area contributed by atoms with Gasteiger partial charge in [0.15, 0.2) is 0 Å². The molecule has 2 aromatic rings. The van der Waals surface area contributed by atoms with Crippen LogP contribution in [0.1, 0.15) is 18.8 Å². The van der Waals surface area contributed by atoms with Crippen LogP contribution in [0.15, 0.2) is 18.2 Å². The number of rotatable bonds is 4. The van der Waals surface area contributed by atoms with Crippen LogP contribution in [0.2, 0.25) is 0 Å². The second-order valence-corrected chi connectivity index (χ2v) is 5.02. The summed E-state index contributed by atoms with van der Waals surface area (Å²) in [4.78, 5) is 4.42. The minimum Gasteiger partial charge on any atom is -0.399 e. The van der Waals surface area contributed by atoms with Crippen molar-refractivity contribution in [2.45, 2.75) is 19.6 Å². The SMILES string of the molecule is CSCC(C)n1c(CO)nc2cc(N)ccc21. The van der Waals surface area contributed by atoms with E-state index in [1.54, 1.807) is 11.8 Å². The second-order valence-electron chi connectivity index (χ2n) is 4.11. The summed E-state index contributed by atoms with van der Waals surface area (Å²) in [6.07, 6.45) is 2.08. The average Bonchev–Trinajstić information content (AvgIpc) is 2.66. The first-order valence-corrected chi connectivity index (χ1v) is 6.93. The van der Waals surface area contributed by atoms with E-state index in [4.69, 9.17) is 5.73 Å². The molecule has 5 heteroatoms. The maximum absolute atomic E-state index is 9.38. The molecule has 1 unspecified atom stereocenters. The van der Waals surface area contributed by atoms with Gasteiger partial charge in [-0.15, -0.1) is 0 Å². The van der Waals surface area contributed by atoms with Crippen LogP contribution < -0.4 is 5.73 Å². The highest BCUT2D eigenvalue weighted by Crippen LogP contribution is 2.24. The number of fused-ring (bicyclic) bond motifs is 1.